The summed E-state index contributed by atoms with van der Waals surface area (Å²) in [5.41, 5.74) is 2.14. The number of benzene rings is 3. The van der Waals surface area contributed by atoms with Crippen LogP contribution in [0.15, 0.2) is 84.9 Å². The van der Waals surface area contributed by atoms with Crippen LogP contribution in [0.2, 0.25) is 0 Å². The van der Waals surface area contributed by atoms with E-state index in [0.717, 1.165) is 47.7 Å². The van der Waals surface area contributed by atoms with Gasteiger partial charge < -0.3 is 14.0 Å². The molecule has 0 aliphatic carbocycles. The Morgan fingerprint density at radius 3 is 2.21 bits per heavy atom. The smallest absolute Gasteiger partial charge is 0.156 e. The number of nitrogens with zero attached hydrogens (tertiary/aromatic N) is 2. The van der Waals surface area contributed by atoms with E-state index in [0.29, 0.717) is 6.61 Å². The van der Waals surface area contributed by atoms with Crippen LogP contribution in [0.1, 0.15) is 31.7 Å². The van der Waals surface area contributed by atoms with Gasteiger partial charge in [-0.05, 0) is 49.2 Å². The summed E-state index contributed by atoms with van der Waals surface area (Å²) in [5, 5.41) is 0. The maximum Gasteiger partial charge on any atom is 0.156 e. The summed E-state index contributed by atoms with van der Waals surface area (Å²) in [7, 11) is 0. The van der Waals surface area contributed by atoms with E-state index in [4.69, 9.17) is 14.5 Å². The number of aromatic nitrogens is 2. The Bertz CT molecular complexity index is 1030. The van der Waals surface area contributed by atoms with E-state index in [1.54, 1.807) is 0 Å². The molecular formula is C25H26N2O2. The molecule has 1 heterocycles. The van der Waals surface area contributed by atoms with Crippen LogP contribution in [-0.2, 0) is 6.54 Å². The van der Waals surface area contributed by atoms with Gasteiger partial charge in [0.25, 0.3) is 0 Å². The lowest BCUT2D eigenvalue weighted by Gasteiger charge is -2.19. The van der Waals surface area contributed by atoms with Crippen molar-refractivity contribution in [2.75, 3.05) is 6.61 Å². The molecule has 1 atom stereocenters. The lowest BCUT2D eigenvalue weighted by molar-refractivity contribution is 0.185. The van der Waals surface area contributed by atoms with Crippen molar-refractivity contribution in [3.63, 3.8) is 0 Å². The van der Waals surface area contributed by atoms with Crippen molar-refractivity contribution in [1.82, 2.24) is 9.55 Å². The van der Waals surface area contributed by atoms with Gasteiger partial charge in [-0.3, -0.25) is 0 Å². The fourth-order valence-corrected chi connectivity index (χ4v) is 3.49. The third-order valence-electron chi connectivity index (χ3n) is 4.90. The average Bonchev–Trinajstić information content (AvgIpc) is 3.15. The molecule has 1 unspecified atom stereocenters. The highest BCUT2D eigenvalue weighted by Gasteiger charge is 2.20. The standard InChI is InChI=1S/C25H26N2O2/c1-2-24(29-21-14-7-4-8-15-21)25-26-22-16-9-10-17-23(22)27(25)18-11-19-28-20-12-5-3-6-13-20/h3-10,12-17,24H,2,11,18-19H2,1H3. The van der Waals surface area contributed by atoms with Crippen LogP contribution in [-0.4, -0.2) is 16.2 Å². The quantitative estimate of drug-likeness (QED) is 0.329. The molecular weight excluding hydrogens is 360 g/mol. The van der Waals surface area contributed by atoms with Gasteiger partial charge in [0.2, 0.25) is 0 Å². The van der Waals surface area contributed by atoms with Crippen molar-refractivity contribution in [3.8, 4) is 11.5 Å². The van der Waals surface area contributed by atoms with Crippen molar-refractivity contribution in [1.29, 1.82) is 0 Å². The Morgan fingerprint density at radius 1 is 0.828 bits per heavy atom. The minimum absolute atomic E-state index is 0.0974. The highest BCUT2D eigenvalue weighted by atomic mass is 16.5. The van der Waals surface area contributed by atoms with Crippen LogP contribution in [0.25, 0.3) is 11.0 Å². The molecule has 4 aromatic rings. The molecule has 0 aliphatic rings. The van der Waals surface area contributed by atoms with E-state index in [1.165, 1.54) is 0 Å². The number of para-hydroxylation sites is 4. The van der Waals surface area contributed by atoms with Crippen LogP contribution in [0.3, 0.4) is 0 Å². The first kappa shape index (κ1) is 19.1. The number of ether oxygens (including phenoxy) is 2. The summed E-state index contributed by atoms with van der Waals surface area (Å²) in [6, 6.07) is 28.2. The Hall–Kier alpha value is -3.27. The molecule has 1 aromatic heterocycles. The zero-order valence-corrected chi connectivity index (χ0v) is 16.7. The summed E-state index contributed by atoms with van der Waals surface area (Å²) in [6.45, 7) is 3.62. The van der Waals surface area contributed by atoms with Gasteiger partial charge in [0, 0.05) is 6.54 Å². The summed E-state index contributed by atoms with van der Waals surface area (Å²) in [6.07, 6.45) is 1.64. The predicted octanol–water partition coefficient (Wildman–Crippen LogP) is 6.04. The Labute approximate surface area is 171 Å². The fourth-order valence-electron chi connectivity index (χ4n) is 3.49. The van der Waals surface area contributed by atoms with E-state index < -0.39 is 0 Å². The van der Waals surface area contributed by atoms with Gasteiger partial charge >= 0.3 is 0 Å². The highest BCUT2D eigenvalue weighted by molar-refractivity contribution is 5.76. The SMILES string of the molecule is CCC(Oc1ccccc1)c1nc2ccccc2n1CCCOc1ccccc1. The van der Waals surface area contributed by atoms with Gasteiger partial charge in [0.15, 0.2) is 11.9 Å². The molecule has 0 fully saturated rings. The molecule has 4 rings (SSSR count). The first-order valence-electron chi connectivity index (χ1n) is 10.2. The largest absolute Gasteiger partial charge is 0.494 e. The van der Waals surface area contributed by atoms with E-state index in [1.807, 2.05) is 66.7 Å². The lowest BCUT2D eigenvalue weighted by atomic mass is 10.2. The molecule has 0 saturated carbocycles. The zero-order valence-electron chi connectivity index (χ0n) is 16.7. The molecule has 0 N–H and O–H groups in total. The van der Waals surface area contributed by atoms with Crippen molar-refractivity contribution >= 4 is 11.0 Å². The molecule has 4 heteroatoms. The summed E-state index contributed by atoms with van der Waals surface area (Å²) >= 11 is 0. The average molecular weight is 386 g/mol. The van der Waals surface area contributed by atoms with Crippen molar-refractivity contribution in [2.24, 2.45) is 0 Å². The second-order valence-corrected chi connectivity index (χ2v) is 6.95. The minimum atomic E-state index is -0.0974. The summed E-state index contributed by atoms with van der Waals surface area (Å²) in [4.78, 5) is 4.91. The predicted molar refractivity (Wildman–Crippen MR) is 116 cm³/mol. The highest BCUT2D eigenvalue weighted by Crippen LogP contribution is 2.27. The van der Waals surface area contributed by atoms with E-state index in [-0.39, 0.29) is 6.10 Å². The van der Waals surface area contributed by atoms with Crippen LogP contribution in [0.4, 0.5) is 0 Å². The van der Waals surface area contributed by atoms with Gasteiger partial charge in [-0.2, -0.15) is 0 Å². The first-order valence-corrected chi connectivity index (χ1v) is 10.2. The van der Waals surface area contributed by atoms with Crippen LogP contribution < -0.4 is 9.47 Å². The number of rotatable bonds is 9. The lowest BCUT2D eigenvalue weighted by Crippen LogP contribution is -2.15. The summed E-state index contributed by atoms with van der Waals surface area (Å²) < 4.78 is 14.4. The molecule has 0 radical (unpaired) electrons. The molecule has 0 bridgehead atoms. The molecule has 29 heavy (non-hydrogen) atoms. The number of hydrogen-bond acceptors (Lipinski definition) is 3. The molecule has 4 nitrogen and oxygen atoms in total. The minimum Gasteiger partial charge on any atom is -0.494 e. The molecule has 148 valence electrons. The second-order valence-electron chi connectivity index (χ2n) is 6.95. The Morgan fingerprint density at radius 2 is 1.48 bits per heavy atom. The van der Waals surface area contributed by atoms with Crippen molar-refractivity contribution < 1.29 is 9.47 Å². The monoisotopic (exact) mass is 386 g/mol. The Balaban J connectivity index is 1.53. The fraction of sp³-hybridized carbons (Fsp3) is 0.240. The van der Waals surface area contributed by atoms with Crippen LogP contribution in [0, 0.1) is 0 Å². The first-order chi connectivity index (χ1) is 14.3. The van der Waals surface area contributed by atoms with Crippen LogP contribution in [0.5, 0.6) is 11.5 Å². The zero-order chi connectivity index (χ0) is 19.9. The van der Waals surface area contributed by atoms with Gasteiger partial charge in [-0.1, -0.05) is 55.5 Å². The van der Waals surface area contributed by atoms with Gasteiger partial charge in [0.05, 0.1) is 17.6 Å². The molecule has 3 aromatic carbocycles. The second kappa shape index (κ2) is 9.28. The van der Waals surface area contributed by atoms with Crippen molar-refractivity contribution in [2.45, 2.75) is 32.4 Å². The topological polar surface area (TPSA) is 36.3 Å². The number of fused-ring (bicyclic) bond motifs is 1. The van der Waals surface area contributed by atoms with E-state index >= 15 is 0 Å². The third kappa shape index (κ3) is 4.60. The van der Waals surface area contributed by atoms with Crippen molar-refractivity contribution in [3.05, 3.63) is 90.8 Å². The van der Waals surface area contributed by atoms with Crippen LogP contribution >= 0.6 is 0 Å². The number of imidazole rings is 1. The molecule has 0 spiro atoms. The molecule has 0 saturated heterocycles. The number of aryl methyl sites for hydroxylation is 1. The van der Waals surface area contributed by atoms with Gasteiger partial charge in [0.1, 0.15) is 11.5 Å². The normalized spacial score (nSPS) is 12.0. The van der Waals surface area contributed by atoms with Gasteiger partial charge in [-0.15, -0.1) is 0 Å². The maximum atomic E-state index is 6.28. The molecule has 0 amide bonds. The van der Waals surface area contributed by atoms with E-state index in [9.17, 15) is 0 Å². The van der Waals surface area contributed by atoms with E-state index in [2.05, 4.69) is 29.7 Å². The third-order valence-corrected chi connectivity index (χ3v) is 4.90. The maximum absolute atomic E-state index is 6.28. The molecule has 0 aliphatic heterocycles. The Kier molecular flexibility index (Phi) is 6.10. The number of hydrogen-bond donors (Lipinski definition) is 0. The van der Waals surface area contributed by atoms with Gasteiger partial charge in [-0.25, -0.2) is 4.98 Å². The summed E-state index contributed by atoms with van der Waals surface area (Å²) in [5.74, 6) is 2.74.